The number of aliphatic hydroxyl groups is 1. The van der Waals surface area contributed by atoms with E-state index in [2.05, 4.69) is 5.32 Å². The molecule has 1 aliphatic carbocycles. The van der Waals surface area contributed by atoms with Crippen molar-refractivity contribution in [2.45, 2.75) is 43.9 Å². The molecule has 0 bridgehead atoms. The first kappa shape index (κ1) is 12.9. The zero-order valence-electron chi connectivity index (χ0n) is 10.8. The molecule has 6 nitrogen and oxygen atoms in total. The Balaban J connectivity index is 1.74. The van der Waals surface area contributed by atoms with Crippen LogP contribution in [0.2, 0.25) is 0 Å². The number of carboxylic acids is 1. The summed E-state index contributed by atoms with van der Waals surface area (Å²) < 4.78 is 0. The van der Waals surface area contributed by atoms with Crippen LogP contribution in [0.25, 0.3) is 0 Å². The molecule has 3 fully saturated rings. The maximum absolute atomic E-state index is 12.5. The third-order valence-corrected chi connectivity index (χ3v) is 4.86. The molecule has 2 saturated heterocycles. The number of β-amino-alcohol motifs (C(OH)–C–C–N with tert-alkyl or cyclic N) is 1. The molecule has 19 heavy (non-hydrogen) atoms. The predicted molar refractivity (Wildman–Crippen MR) is 66.4 cm³/mol. The molecular weight excluding hydrogens is 248 g/mol. The van der Waals surface area contributed by atoms with E-state index in [0.717, 1.165) is 25.8 Å². The van der Waals surface area contributed by atoms with E-state index in [4.69, 9.17) is 5.11 Å². The number of fused-ring (bicyclic) bond motifs is 1. The second kappa shape index (κ2) is 4.76. The molecule has 5 unspecified atom stereocenters. The molecule has 2 aliphatic heterocycles. The Morgan fingerprint density at radius 1 is 1.26 bits per heavy atom. The Bertz CT molecular complexity index is 400. The Labute approximate surface area is 111 Å². The van der Waals surface area contributed by atoms with Crippen molar-refractivity contribution < 1.29 is 19.8 Å². The summed E-state index contributed by atoms with van der Waals surface area (Å²) in [5.74, 6) is -0.256. The van der Waals surface area contributed by atoms with Crippen LogP contribution in [0.3, 0.4) is 0 Å². The number of carbonyl (C=O) groups excluding carboxylic acids is 1. The normalized spacial score (nSPS) is 41.5. The number of hydrogen-bond acceptors (Lipinski definition) is 4. The summed E-state index contributed by atoms with van der Waals surface area (Å²) in [6.07, 6.45) is 2.79. The molecule has 3 rings (SSSR count). The van der Waals surface area contributed by atoms with Gasteiger partial charge in [0.25, 0.3) is 0 Å². The van der Waals surface area contributed by atoms with Crippen LogP contribution in [-0.2, 0) is 9.59 Å². The van der Waals surface area contributed by atoms with Crippen molar-refractivity contribution in [1.82, 2.24) is 10.2 Å². The van der Waals surface area contributed by atoms with Crippen LogP contribution in [0.4, 0.5) is 0 Å². The monoisotopic (exact) mass is 268 g/mol. The second-order valence-corrected chi connectivity index (χ2v) is 5.97. The topological polar surface area (TPSA) is 89.9 Å². The van der Waals surface area contributed by atoms with Gasteiger partial charge in [0.05, 0.1) is 12.1 Å². The molecular formula is C13H20N2O4. The first-order valence-corrected chi connectivity index (χ1v) is 7.02. The first-order valence-electron chi connectivity index (χ1n) is 7.02. The molecule has 3 N–H and O–H groups in total. The Morgan fingerprint density at radius 3 is 2.79 bits per heavy atom. The van der Waals surface area contributed by atoms with E-state index < -0.39 is 18.1 Å². The predicted octanol–water partition coefficient (Wildman–Crippen LogP) is -0.579. The van der Waals surface area contributed by atoms with Crippen molar-refractivity contribution in [2.24, 2.45) is 11.8 Å². The lowest BCUT2D eigenvalue weighted by Gasteiger charge is -2.27. The number of rotatable bonds is 2. The smallest absolute Gasteiger partial charge is 0.326 e. The van der Waals surface area contributed by atoms with Crippen LogP contribution in [0.5, 0.6) is 0 Å². The van der Waals surface area contributed by atoms with E-state index in [1.54, 1.807) is 0 Å². The number of likely N-dealkylation sites (tertiary alicyclic amines) is 1. The van der Waals surface area contributed by atoms with Crippen molar-refractivity contribution >= 4 is 11.9 Å². The fourth-order valence-electron chi connectivity index (χ4n) is 3.93. The van der Waals surface area contributed by atoms with Crippen LogP contribution in [0, 0.1) is 11.8 Å². The second-order valence-electron chi connectivity index (χ2n) is 5.97. The van der Waals surface area contributed by atoms with Crippen molar-refractivity contribution in [3.05, 3.63) is 0 Å². The summed E-state index contributed by atoms with van der Waals surface area (Å²) >= 11 is 0. The highest BCUT2D eigenvalue weighted by molar-refractivity contribution is 5.88. The SMILES string of the molecule is O=C(O)C1CC(O)CN1C(=O)C1NCC2CCCC21. The fraction of sp³-hybridized carbons (Fsp3) is 0.846. The maximum atomic E-state index is 12.5. The Kier molecular flexibility index (Phi) is 3.22. The van der Waals surface area contributed by atoms with Gasteiger partial charge in [-0.25, -0.2) is 4.79 Å². The van der Waals surface area contributed by atoms with Crippen LogP contribution >= 0.6 is 0 Å². The van der Waals surface area contributed by atoms with E-state index in [1.807, 2.05) is 0 Å². The summed E-state index contributed by atoms with van der Waals surface area (Å²) in [6, 6.07) is -1.12. The van der Waals surface area contributed by atoms with Crippen molar-refractivity contribution in [3.63, 3.8) is 0 Å². The van der Waals surface area contributed by atoms with Gasteiger partial charge in [0, 0.05) is 13.0 Å². The molecule has 0 aromatic carbocycles. The largest absolute Gasteiger partial charge is 0.480 e. The number of nitrogens with one attached hydrogen (secondary N) is 1. The van der Waals surface area contributed by atoms with Crippen LogP contribution in [-0.4, -0.2) is 58.3 Å². The number of nitrogens with zero attached hydrogens (tertiary/aromatic N) is 1. The average molecular weight is 268 g/mol. The lowest BCUT2D eigenvalue weighted by Crippen LogP contribution is -2.50. The van der Waals surface area contributed by atoms with E-state index in [1.165, 1.54) is 4.90 Å². The standard InChI is InChI=1S/C13H20N2O4/c16-8-4-10(13(18)19)15(6-8)12(17)11-9-3-1-2-7(9)5-14-11/h7-11,14,16H,1-6H2,(H,18,19). The van der Waals surface area contributed by atoms with Crippen molar-refractivity contribution in [2.75, 3.05) is 13.1 Å². The third-order valence-electron chi connectivity index (χ3n) is 4.86. The summed E-state index contributed by atoms with van der Waals surface area (Å²) in [5.41, 5.74) is 0. The van der Waals surface area contributed by atoms with E-state index in [-0.39, 0.29) is 24.9 Å². The highest BCUT2D eigenvalue weighted by Crippen LogP contribution is 2.38. The first-order chi connectivity index (χ1) is 9.08. The van der Waals surface area contributed by atoms with Gasteiger partial charge < -0.3 is 20.4 Å². The zero-order chi connectivity index (χ0) is 13.6. The number of carboxylic acid groups (broad SMARTS) is 1. The molecule has 1 amide bonds. The van der Waals surface area contributed by atoms with Crippen LogP contribution in [0.1, 0.15) is 25.7 Å². The molecule has 1 saturated carbocycles. The minimum absolute atomic E-state index is 0.140. The van der Waals surface area contributed by atoms with Gasteiger partial charge in [-0.15, -0.1) is 0 Å². The summed E-state index contributed by atoms with van der Waals surface area (Å²) in [5, 5.41) is 22.0. The summed E-state index contributed by atoms with van der Waals surface area (Å²) in [4.78, 5) is 25.1. The number of aliphatic carboxylic acids is 1. The quantitative estimate of drug-likeness (QED) is 0.623. The highest BCUT2D eigenvalue weighted by atomic mass is 16.4. The van der Waals surface area contributed by atoms with Gasteiger partial charge in [0.2, 0.25) is 5.91 Å². The lowest BCUT2D eigenvalue weighted by atomic mass is 9.93. The molecule has 0 aromatic heterocycles. The van der Waals surface area contributed by atoms with Gasteiger partial charge in [0.1, 0.15) is 6.04 Å². The molecule has 0 aromatic rings. The van der Waals surface area contributed by atoms with Gasteiger partial charge in [-0.3, -0.25) is 4.79 Å². The summed E-state index contributed by atoms with van der Waals surface area (Å²) in [6.45, 7) is 1.00. The van der Waals surface area contributed by atoms with Gasteiger partial charge in [0.15, 0.2) is 0 Å². The Hall–Kier alpha value is -1.14. The fourth-order valence-corrected chi connectivity index (χ4v) is 3.93. The van der Waals surface area contributed by atoms with Crippen LogP contribution in [0.15, 0.2) is 0 Å². The number of hydrogen-bond donors (Lipinski definition) is 3. The average Bonchev–Trinajstić information content (AvgIpc) is 3.00. The summed E-state index contributed by atoms with van der Waals surface area (Å²) in [7, 11) is 0. The molecule has 2 heterocycles. The third kappa shape index (κ3) is 2.12. The van der Waals surface area contributed by atoms with Gasteiger partial charge in [-0.2, -0.15) is 0 Å². The maximum Gasteiger partial charge on any atom is 0.326 e. The van der Waals surface area contributed by atoms with Crippen molar-refractivity contribution in [3.8, 4) is 0 Å². The molecule has 5 atom stereocenters. The molecule has 106 valence electrons. The number of aliphatic hydroxyl groups excluding tert-OH is 1. The van der Waals surface area contributed by atoms with Crippen LogP contribution < -0.4 is 5.32 Å². The molecule has 3 aliphatic rings. The van der Waals surface area contributed by atoms with E-state index in [0.29, 0.717) is 11.8 Å². The molecule has 0 radical (unpaired) electrons. The minimum Gasteiger partial charge on any atom is -0.480 e. The number of amides is 1. The zero-order valence-corrected chi connectivity index (χ0v) is 10.8. The molecule has 0 spiro atoms. The van der Waals surface area contributed by atoms with E-state index in [9.17, 15) is 14.7 Å². The van der Waals surface area contributed by atoms with Gasteiger partial charge >= 0.3 is 5.97 Å². The molecule has 6 heteroatoms. The van der Waals surface area contributed by atoms with Crippen molar-refractivity contribution in [1.29, 1.82) is 0 Å². The lowest BCUT2D eigenvalue weighted by molar-refractivity contribution is -0.149. The minimum atomic E-state index is -1.02. The number of carbonyl (C=O) groups is 2. The van der Waals surface area contributed by atoms with Gasteiger partial charge in [-0.05, 0) is 31.2 Å². The Morgan fingerprint density at radius 2 is 2.05 bits per heavy atom. The highest BCUT2D eigenvalue weighted by Gasteiger charge is 2.47. The van der Waals surface area contributed by atoms with E-state index >= 15 is 0 Å². The van der Waals surface area contributed by atoms with Gasteiger partial charge in [-0.1, -0.05) is 6.42 Å².